The third-order valence-corrected chi connectivity index (χ3v) is 3.68. The molecular weight excluding hydrogens is 317 g/mol. The summed E-state index contributed by atoms with van der Waals surface area (Å²) in [6.07, 6.45) is 0. The van der Waals surface area contributed by atoms with Gasteiger partial charge in [0.05, 0.1) is 16.1 Å². The smallest absolute Gasteiger partial charge is 0.147 e. The fraction of sp³-hybridized carbons (Fsp3) is 0.214. The molecule has 0 amide bonds. The standard InChI is InChI=1S/C14H14Cl3N3/c1-8(9-4-3-5-10(15)6-9)19-14-12(17)7-11(16)13(18-2)20-14/h3-8H,1-2H3,(H2,18,19,20). The minimum Gasteiger partial charge on any atom is -0.372 e. The van der Waals surface area contributed by atoms with Crippen LogP contribution in [-0.2, 0) is 0 Å². The summed E-state index contributed by atoms with van der Waals surface area (Å²) < 4.78 is 0. The summed E-state index contributed by atoms with van der Waals surface area (Å²) in [5.74, 6) is 1.16. The third kappa shape index (κ3) is 3.48. The van der Waals surface area contributed by atoms with Gasteiger partial charge in [0.2, 0.25) is 0 Å². The highest BCUT2D eigenvalue weighted by molar-refractivity contribution is 6.37. The zero-order valence-electron chi connectivity index (χ0n) is 11.0. The minimum absolute atomic E-state index is 0.0181. The normalized spacial score (nSPS) is 12.1. The molecule has 0 radical (unpaired) electrons. The van der Waals surface area contributed by atoms with Crippen molar-refractivity contribution in [2.45, 2.75) is 13.0 Å². The summed E-state index contributed by atoms with van der Waals surface area (Å²) in [6.45, 7) is 2.01. The first kappa shape index (κ1) is 15.2. The van der Waals surface area contributed by atoms with Crippen molar-refractivity contribution in [2.75, 3.05) is 17.7 Å². The van der Waals surface area contributed by atoms with E-state index < -0.39 is 0 Å². The molecule has 0 fully saturated rings. The predicted molar refractivity (Wildman–Crippen MR) is 87.3 cm³/mol. The number of hydrogen-bond donors (Lipinski definition) is 2. The fourth-order valence-electron chi connectivity index (χ4n) is 1.81. The van der Waals surface area contributed by atoms with Gasteiger partial charge in [-0.1, -0.05) is 46.9 Å². The molecule has 0 spiro atoms. The number of anilines is 2. The first-order chi connectivity index (χ1) is 9.51. The molecule has 6 heteroatoms. The van der Waals surface area contributed by atoms with E-state index in [9.17, 15) is 0 Å². The number of pyridine rings is 1. The van der Waals surface area contributed by atoms with Gasteiger partial charge in [-0.3, -0.25) is 0 Å². The van der Waals surface area contributed by atoms with Crippen molar-refractivity contribution in [2.24, 2.45) is 0 Å². The van der Waals surface area contributed by atoms with Crippen molar-refractivity contribution in [3.05, 3.63) is 51.0 Å². The number of benzene rings is 1. The summed E-state index contributed by atoms with van der Waals surface area (Å²) in [7, 11) is 1.76. The van der Waals surface area contributed by atoms with E-state index in [0.29, 0.717) is 26.7 Å². The van der Waals surface area contributed by atoms with Crippen LogP contribution in [0.3, 0.4) is 0 Å². The average Bonchev–Trinajstić information content (AvgIpc) is 2.41. The molecule has 0 aliphatic rings. The number of hydrogen-bond acceptors (Lipinski definition) is 3. The van der Waals surface area contributed by atoms with Crippen molar-refractivity contribution < 1.29 is 0 Å². The summed E-state index contributed by atoms with van der Waals surface area (Å²) >= 11 is 18.2. The Bertz CT molecular complexity index is 617. The molecule has 1 aromatic heterocycles. The van der Waals surface area contributed by atoms with Gasteiger partial charge in [0.15, 0.2) is 0 Å². The molecule has 2 rings (SSSR count). The fourth-order valence-corrected chi connectivity index (χ4v) is 2.51. The van der Waals surface area contributed by atoms with E-state index in [-0.39, 0.29) is 6.04 Å². The van der Waals surface area contributed by atoms with Gasteiger partial charge < -0.3 is 10.6 Å². The molecule has 0 aliphatic carbocycles. The van der Waals surface area contributed by atoms with Gasteiger partial charge in [-0.2, -0.15) is 0 Å². The van der Waals surface area contributed by atoms with E-state index in [1.54, 1.807) is 13.1 Å². The first-order valence-corrected chi connectivity index (χ1v) is 7.20. The van der Waals surface area contributed by atoms with E-state index >= 15 is 0 Å². The van der Waals surface area contributed by atoms with E-state index in [4.69, 9.17) is 34.8 Å². The van der Waals surface area contributed by atoms with Gasteiger partial charge in [-0.15, -0.1) is 0 Å². The van der Waals surface area contributed by atoms with Crippen molar-refractivity contribution in [1.82, 2.24) is 4.98 Å². The van der Waals surface area contributed by atoms with Crippen molar-refractivity contribution in [1.29, 1.82) is 0 Å². The Morgan fingerprint density at radius 2 is 1.75 bits per heavy atom. The third-order valence-electron chi connectivity index (χ3n) is 2.87. The van der Waals surface area contributed by atoms with Crippen molar-refractivity contribution in [3.8, 4) is 0 Å². The molecular formula is C14H14Cl3N3. The quantitative estimate of drug-likeness (QED) is 0.803. The molecule has 106 valence electrons. The van der Waals surface area contributed by atoms with Gasteiger partial charge >= 0.3 is 0 Å². The zero-order chi connectivity index (χ0) is 14.7. The summed E-state index contributed by atoms with van der Waals surface area (Å²) in [5.41, 5.74) is 1.05. The summed E-state index contributed by atoms with van der Waals surface area (Å²) in [6, 6.07) is 9.32. The maximum atomic E-state index is 6.16. The van der Waals surface area contributed by atoms with E-state index in [1.165, 1.54) is 0 Å². The van der Waals surface area contributed by atoms with Crippen LogP contribution >= 0.6 is 34.8 Å². The van der Waals surface area contributed by atoms with Crippen LogP contribution in [0.2, 0.25) is 15.1 Å². The lowest BCUT2D eigenvalue weighted by atomic mass is 10.1. The Kier molecular flexibility index (Phi) is 4.97. The van der Waals surface area contributed by atoms with Crippen LogP contribution in [0, 0.1) is 0 Å². The Balaban J connectivity index is 2.25. The lowest BCUT2D eigenvalue weighted by Crippen LogP contribution is -2.09. The van der Waals surface area contributed by atoms with Gasteiger partial charge in [0.1, 0.15) is 11.6 Å². The molecule has 0 bridgehead atoms. The van der Waals surface area contributed by atoms with Crippen LogP contribution in [-0.4, -0.2) is 12.0 Å². The molecule has 1 aromatic carbocycles. The maximum Gasteiger partial charge on any atom is 0.147 e. The highest BCUT2D eigenvalue weighted by atomic mass is 35.5. The second kappa shape index (κ2) is 6.53. The second-order valence-electron chi connectivity index (χ2n) is 4.32. The van der Waals surface area contributed by atoms with Crippen LogP contribution in [0.5, 0.6) is 0 Å². The van der Waals surface area contributed by atoms with Crippen molar-refractivity contribution >= 4 is 46.4 Å². The largest absolute Gasteiger partial charge is 0.372 e. The SMILES string of the molecule is CNc1nc(NC(C)c2cccc(Cl)c2)c(Cl)cc1Cl. The van der Waals surface area contributed by atoms with E-state index in [1.807, 2.05) is 31.2 Å². The number of nitrogens with zero attached hydrogens (tertiary/aromatic N) is 1. The van der Waals surface area contributed by atoms with Crippen LogP contribution in [0.1, 0.15) is 18.5 Å². The Morgan fingerprint density at radius 1 is 1.05 bits per heavy atom. The lowest BCUT2D eigenvalue weighted by molar-refractivity contribution is 0.875. The molecule has 1 unspecified atom stereocenters. The van der Waals surface area contributed by atoms with Crippen molar-refractivity contribution in [3.63, 3.8) is 0 Å². The topological polar surface area (TPSA) is 37.0 Å². The van der Waals surface area contributed by atoms with Crippen LogP contribution in [0.25, 0.3) is 0 Å². The van der Waals surface area contributed by atoms with Gasteiger partial charge in [-0.05, 0) is 30.7 Å². The minimum atomic E-state index is 0.0181. The molecule has 2 N–H and O–H groups in total. The molecule has 20 heavy (non-hydrogen) atoms. The number of halogens is 3. The van der Waals surface area contributed by atoms with Gasteiger partial charge in [0.25, 0.3) is 0 Å². The van der Waals surface area contributed by atoms with E-state index in [2.05, 4.69) is 15.6 Å². The predicted octanol–water partition coefficient (Wildman–Crippen LogP) is 5.26. The van der Waals surface area contributed by atoms with Crippen LogP contribution < -0.4 is 10.6 Å². The van der Waals surface area contributed by atoms with Crippen LogP contribution in [0.15, 0.2) is 30.3 Å². The first-order valence-electron chi connectivity index (χ1n) is 6.07. The summed E-state index contributed by atoms with van der Waals surface area (Å²) in [4.78, 5) is 4.36. The molecule has 0 saturated heterocycles. The molecule has 0 saturated carbocycles. The molecule has 2 aromatic rings. The van der Waals surface area contributed by atoms with Crippen LogP contribution in [0.4, 0.5) is 11.6 Å². The Labute approximate surface area is 133 Å². The number of aromatic nitrogens is 1. The second-order valence-corrected chi connectivity index (χ2v) is 5.57. The van der Waals surface area contributed by atoms with E-state index in [0.717, 1.165) is 5.56 Å². The highest BCUT2D eigenvalue weighted by Crippen LogP contribution is 2.31. The van der Waals surface area contributed by atoms with Gasteiger partial charge in [-0.25, -0.2) is 4.98 Å². The lowest BCUT2D eigenvalue weighted by Gasteiger charge is -2.17. The number of rotatable bonds is 4. The zero-order valence-corrected chi connectivity index (χ0v) is 13.3. The number of nitrogens with one attached hydrogen (secondary N) is 2. The average molecular weight is 331 g/mol. The van der Waals surface area contributed by atoms with Gasteiger partial charge in [0, 0.05) is 12.1 Å². The highest BCUT2D eigenvalue weighted by Gasteiger charge is 2.12. The molecule has 3 nitrogen and oxygen atoms in total. The monoisotopic (exact) mass is 329 g/mol. The summed E-state index contributed by atoms with van der Waals surface area (Å²) in [5, 5.41) is 7.83. The molecule has 1 atom stereocenters. The Hall–Kier alpha value is -1.16. The molecule has 1 heterocycles. The maximum absolute atomic E-state index is 6.16. The molecule has 0 aliphatic heterocycles. The Morgan fingerprint density at radius 3 is 2.40 bits per heavy atom.